The Bertz CT molecular complexity index is 1160. The lowest BCUT2D eigenvalue weighted by atomic mass is 10.1. The minimum absolute atomic E-state index is 0.00876. The fourth-order valence-electron chi connectivity index (χ4n) is 3.04. The third-order valence-electron chi connectivity index (χ3n) is 4.63. The van der Waals surface area contributed by atoms with Gasteiger partial charge in [0.15, 0.2) is 16.0 Å². The molecule has 0 saturated heterocycles. The van der Waals surface area contributed by atoms with Gasteiger partial charge in [-0.15, -0.1) is 0 Å². The lowest BCUT2D eigenvalue weighted by Gasteiger charge is -2.15. The van der Waals surface area contributed by atoms with Crippen molar-refractivity contribution in [2.75, 3.05) is 5.32 Å². The van der Waals surface area contributed by atoms with E-state index in [0.717, 1.165) is 16.7 Å². The molecule has 2 heterocycles. The molecule has 3 amide bonds. The van der Waals surface area contributed by atoms with Crippen molar-refractivity contribution in [3.8, 4) is 11.3 Å². The maximum atomic E-state index is 12.6. The second kappa shape index (κ2) is 9.41. The fourth-order valence-corrected chi connectivity index (χ4v) is 3.48. The van der Waals surface area contributed by atoms with Crippen LogP contribution in [0.25, 0.3) is 11.3 Å². The first-order valence-electron chi connectivity index (χ1n) is 9.56. The van der Waals surface area contributed by atoms with Crippen LogP contribution in [0.2, 0.25) is 10.3 Å². The van der Waals surface area contributed by atoms with Crippen LogP contribution in [0, 0.1) is 13.8 Å². The third kappa shape index (κ3) is 5.00. The number of hydrogen-bond acceptors (Lipinski definition) is 5. The molecule has 2 aromatic heterocycles. The van der Waals surface area contributed by atoms with Gasteiger partial charge in [-0.05, 0) is 37.0 Å². The highest BCUT2D eigenvalue weighted by Crippen LogP contribution is 2.29. The zero-order valence-corrected chi connectivity index (χ0v) is 19.0. The molecule has 3 aromatic rings. The number of aryl methyl sites for hydroxylation is 2. The summed E-state index contributed by atoms with van der Waals surface area (Å²) in [6, 6.07) is 8.49. The standard InChI is InChI=1S/C22H21Cl2N5O2/c1-11(2)15-16(13(4)9-10-25-15)28-22(31)29-21(30)18-20(24)26-17(19(23)27-18)14-8-6-5-7-12(14)3/h5-11H,1-4H3,(H2,28,29,30,31). The van der Waals surface area contributed by atoms with Gasteiger partial charge in [0.05, 0.1) is 11.4 Å². The Morgan fingerprint density at radius 1 is 0.968 bits per heavy atom. The van der Waals surface area contributed by atoms with Gasteiger partial charge in [0, 0.05) is 11.8 Å². The molecule has 1 aromatic carbocycles. The number of benzene rings is 1. The van der Waals surface area contributed by atoms with Crippen LogP contribution in [0.1, 0.15) is 47.1 Å². The van der Waals surface area contributed by atoms with Gasteiger partial charge < -0.3 is 5.32 Å². The largest absolute Gasteiger partial charge is 0.326 e. The van der Waals surface area contributed by atoms with Gasteiger partial charge in [0.2, 0.25) is 0 Å². The Hall–Kier alpha value is -3.03. The minimum atomic E-state index is -0.819. The summed E-state index contributed by atoms with van der Waals surface area (Å²) in [7, 11) is 0. The maximum absolute atomic E-state index is 12.6. The first kappa shape index (κ1) is 22.7. The molecule has 0 aliphatic rings. The van der Waals surface area contributed by atoms with Crippen LogP contribution >= 0.6 is 23.2 Å². The van der Waals surface area contributed by atoms with Crippen molar-refractivity contribution >= 4 is 40.8 Å². The number of imide groups is 1. The number of aromatic nitrogens is 3. The summed E-state index contributed by atoms with van der Waals surface area (Å²) in [5, 5.41) is 4.75. The van der Waals surface area contributed by atoms with Crippen LogP contribution in [0.15, 0.2) is 36.5 Å². The highest BCUT2D eigenvalue weighted by molar-refractivity contribution is 6.35. The number of amides is 3. The molecule has 0 radical (unpaired) electrons. The van der Waals surface area contributed by atoms with Crippen LogP contribution in [0.4, 0.5) is 10.5 Å². The molecule has 0 fully saturated rings. The molecule has 0 bridgehead atoms. The maximum Gasteiger partial charge on any atom is 0.326 e. The number of rotatable bonds is 4. The van der Waals surface area contributed by atoms with E-state index in [2.05, 4.69) is 25.6 Å². The number of urea groups is 1. The number of pyridine rings is 1. The van der Waals surface area contributed by atoms with E-state index < -0.39 is 11.9 Å². The first-order chi connectivity index (χ1) is 14.7. The highest BCUT2D eigenvalue weighted by atomic mass is 35.5. The van der Waals surface area contributed by atoms with Gasteiger partial charge in [0.1, 0.15) is 5.69 Å². The molecule has 2 N–H and O–H groups in total. The normalized spacial score (nSPS) is 10.8. The van der Waals surface area contributed by atoms with E-state index in [0.29, 0.717) is 17.1 Å². The average Bonchev–Trinajstić information content (AvgIpc) is 2.71. The minimum Gasteiger partial charge on any atom is -0.306 e. The molecular formula is C22H21Cl2N5O2. The van der Waals surface area contributed by atoms with E-state index in [1.807, 2.05) is 52.0 Å². The lowest BCUT2D eigenvalue weighted by Crippen LogP contribution is -2.35. The Morgan fingerprint density at radius 3 is 2.35 bits per heavy atom. The fraction of sp³-hybridized carbons (Fsp3) is 0.227. The summed E-state index contributed by atoms with van der Waals surface area (Å²) in [4.78, 5) is 37.7. The number of halogens is 2. The van der Waals surface area contributed by atoms with Gasteiger partial charge in [-0.25, -0.2) is 14.8 Å². The smallest absolute Gasteiger partial charge is 0.306 e. The summed E-state index contributed by atoms with van der Waals surface area (Å²) in [5.74, 6) is -0.736. The molecule has 160 valence electrons. The van der Waals surface area contributed by atoms with Crippen molar-refractivity contribution in [1.82, 2.24) is 20.3 Å². The van der Waals surface area contributed by atoms with Gasteiger partial charge in [-0.1, -0.05) is 61.3 Å². The molecule has 9 heteroatoms. The molecule has 0 saturated carbocycles. The van der Waals surface area contributed by atoms with Gasteiger partial charge in [-0.2, -0.15) is 0 Å². The quantitative estimate of drug-likeness (QED) is 0.535. The second-order valence-electron chi connectivity index (χ2n) is 7.27. The molecule has 0 atom stereocenters. The molecule has 0 unspecified atom stereocenters. The van der Waals surface area contributed by atoms with E-state index in [1.165, 1.54) is 0 Å². The van der Waals surface area contributed by atoms with Crippen molar-refractivity contribution in [2.24, 2.45) is 0 Å². The van der Waals surface area contributed by atoms with Crippen molar-refractivity contribution in [1.29, 1.82) is 0 Å². The van der Waals surface area contributed by atoms with Crippen molar-refractivity contribution in [3.05, 3.63) is 69.3 Å². The van der Waals surface area contributed by atoms with E-state index in [9.17, 15) is 9.59 Å². The summed E-state index contributed by atoms with van der Waals surface area (Å²) in [6.45, 7) is 7.67. The molecule has 31 heavy (non-hydrogen) atoms. The van der Waals surface area contributed by atoms with Crippen molar-refractivity contribution < 1.29 is 9.59 Å². The third-order valence-corrected chi connectivity index (χ3v) is 5.15. The van der Waals surface area contributed by atoms with Gasteiger partial charge >= 0.3 is 6.03 Å². The van der Waals surface area contributed by atoms with Crippen LogP contribution in [-0.2, 0) is 0 Å². The topological polar surface area (TPSA) is 96.9 Å². The predicted molar refractivity (Wildman–Crippen MR) is 122 cm³/mol. The Labute approximate surface area is 190 Å². The summed E-state index contributed by atoms with van der Waals surface area (Å²) >= 11 is 12.5. The SMILES string of the molecule is Cc1ccccc1-c1nc(Cl)c(C(=O)NC(=O)Nc2c(C)ccnc2C(C)C)nc1Cl. The summed E-state index contributed by atoms with van der Waals surface area (Å²) in [5.41, 5.74) is 3.88. The number of nitrogens with zero attached hydrogens (tertiary/aromatic N) is 3. The Balaban J connectivity index is 1.82. The van der Waals surface area contributed by atoms with E-state index in [4.69, 9.17) is 23.2 Å². The predicted octanol–water partition coefficient (Wildman–Crippen LogP) is 5.55. The number of anilines is 1. The van der Waals surface area contributed by atoms with E-state index in [1.54, 1.807) is 12.3 Å². The van der Waals surface area contributed by atoms with Crippen LogP contribution < -0.4 is 10.6 Å². The van der Waals surface area contributed by atoms with E-state index in [-0.39, 0.29) is 21.9 Å². The average molecular weight is 458 g/mol. The number of nitrogens with one attached hydrogen (secondary N) is 2. The number of carbonyl (C=O) groups is 2. The second-order valence-corrected chi connectivity index (χ2v) is 7.98. The molecular weight excluding hydrogens is 437 g/mol. The summed E-state index contributed by atoms with van der Waals surface area (Å²) < 4.78 is 0. The molecule has 0 aliphatic heterocycles. The van der Waals surface area contributed by atoms with Crippen LogP contribution in [0.3, 0.4) is 0 Å². The van der Waals surface area contributed by atoms with Crippen molar-refractivity contribution in [3.63, 3.8) is 0 Å². The van der Waals surface area contributed by atoms with Gasteiger partial charge in [-0.3, -0.25) is 15.1 Å². The van der Waals surface area contributed by atoms with Crippen LogP contribution in [-0.4, -0.2) is 26.9 Å². The molecule has 7 nitrogen and oxygen atoms in total. The zero-order valence-electron chi connectivity index (χ0n) is 17.5. The molecule has 0 aliphatic carbocycles. The Kier molecular flexibility index (Phi) is 6.87. The molecule has 0 spiro atoms. The van der Waals surface area contributed by atoms with Gasteiger partial charge in [0.25, 0.3) is 5.91 Å². The monoisotopic (exact) mass is 457 g/mol. The zero-order chi connectivity index (χ0) is 22.7. The molecule has 3 rings (SSSR count). The van der Waals surface area contributed by atoms with Crippen molar-refractivity contribution in [2.45, 2.75) is 33.6 Å². The van der Waals surface area contributed by atoms with E-state index >= 15 is 0 Å². The lowest BCUT2D eigenvalue weighted by molar-refractivity contribution is 0.0962. The summed E-state index contributed by atoms with van der Waals surface area (Å²) in [6.07, 6.45) is 1.67. The highest BCUT2D eigenvalue weighted by Gasteiger charge is 2.22. The number of carbonyl (C=O) groups excluding carboxylic acids is 2. The van der Waals surface area contributed by atoms with Crippen LogP contribution in [0.5, 0.6) is 0 Å². The Morgan fingerprint density at radius 2 is 1.68 bits per heavy atom. The number of hydrogen-bond donors (Lipinski definition) is 2. The first-order valence-corrected chi connectivity index (χ1v) is 10.3.